The SMILES string of the molecule is O=C(O)/C=C\C(=O)OC(=O)/C=C\C(=O)O.O=C(O)CS. The van der Waals surface area contributed by atoms with E-state index in [0.29, 0.717) is 24.3 Å². The van der Waals surface area contributed by atoms with Gasteiger partial charge in [-0.1, -0.05) is 0 Å². The number of carbonyl (C=O) groups is 5. The van der Waals surface area contributed by atoms with Gasteiger partial charge in [0.1, 0.15) is 0 Å². The number of esters is 2. The lowest BCUT2D eigenvalue weighted by atomic mass is 10.5. The van der Waals surface area contributed by atoms with Crippen molar-refractivity contribution in [2.75, 3.05) is 5.75 Å². The van der Waals surface area contributed by atoms with Gasteiger partial charge in [0.15, 0.2) is 0 Å². The number of carboxylic acids is 3. The predicted molar refractivity (Wildman–Crippen MR) is 66.1 cm³/mol. The monoisotopic (exact) mass is 306 g/mol. The fraction of sp³-hybridized carbons (Fsp3) is 0.100. The Balaban J connectivity index is 0. The molecular weight excluding hydrogens is 296 g/mol. The summed E-state index contributed by atoms with van der Waals surface area (Å²) in [7, 11) is 0. The van der Waals surface area contributed by atoms with Gasteiger partial charge in [0.2, 0.25) is 0 Å². The van der Waals surface area contributed by atoms with Crippen LogP contribution in [0.5, 0.6) is 0 Å². The molecular formula is C10H10O9S. The third-order valence-corrected chi connectivity index (χ3v) is 1.33. The Morgan fingerprint density at radius 3 is 1.30 bits per heavy atom. The van der Waals surface area contributed by atoms with Crippen LogP contribution >= 0.6 is 12.6 Å². The summed E-state index contributed by atoms with van der Waals surface area (Å²) in [5.74, 6) is -6.11. The number of aliphatic carboxylic acids is 3. The average molecular weight is 306 g/mol. The first-order valence-corrected chi connectivity index (χ1v) is 5.22. The van der Waals surface area contributed by atoms with Gasteiger partial charge in [-0.15, -0.1) is 0 Å². The van der Waals surface area contributed by atoms with E-state index in [9.17, 15) is 24.0 Å². The molecule has 0 aromatic rings. The van der Waals surface area contributed by atoms with Crippen molar-refractivity contribution in [3.8, 4) is 0 Å². The van der Waals surface area contributed by atoms with Crippen LogP contribution in [0.2, 0.25) is 0 Å². The summed E-state index contributed by atoms with van der Waals surface area (Å²) in [5.41, 5.74) is 0. The third kappa shape index (κ3) is 17.8. The summed E-state index contributed by atoms with van der Waals surface area (Å²) in [5, 5.41) is 23.8. The average Bonchev–Trinajstić information content (AvgIpc) is 2.34. The van der Waals surface area contributed by atoms with E-state index in [1.807, 2.05) is 0 Å². The Hall–Kier alpha value is -2.62. The van der Waals surface area contributed by atoms with Crippen LogP contribution in [-0.4, -0.2) is 50.9 Å². The largest absolute Gasteiger partial charge is 0.481 e. The number of ether oxygens (including phenoxy) is 1. The molecule has 0 amide bonds. The van der Waals surface area contributed by atoms with Crippen LogP contribution in [0.25, 0.3) is 0 Å². The van der Waals surface area contributed by atoms with Crippen molar-refractivity contribution in [3.63, 3.8) is 0 Å². The summed E-state index contributed by atoms with van der Waals surface area (Å²) in [6.45, 7) is 0. The molecule has 0 radical (unpaired) electrons. The lowest BCUT2D eigenvalue weighted by molar-refractivity contribution is -0.153. The molecule has 10 heteroatoms. The molecule has 0 fully saturated rings. The van der Waals surface area contributed by atoms with E-state index in [1.54, 1.807) is 0 Å². The molecule has 9 nitrogen and oxygen atoms in total. The first-order valence-electron chi connectivity index (χ1n) is 4.59. The van der Waals surface area contributed by atoms with Crippen LogP contribution in [0.4, 0.5) is 0 Å². The highest BCUT2D eigenvalue weighted by Crippen LogP contribution is 1.86. The molecule has 110 valence electrons. The smallest absolute Gasteiger partial charge is 0.338 e. The number of carbonyl (C=O) groups excluding carboxylic acids is 2. The van der Waals surface area contributed by atoms with E-state index in [-0.39, 0.29) is 5.75 Å². The topological polar surface area (TPSA) is 155 Å². The number of hydrogen-bond acceptors (Lipinski definition) is 7. The quantitative estimate of drug-likeness (QED) is 0.224. The summed E-state index contributed by atoms with van der Waals surface area (Å²) in [4.78, 5) is 50.4. The highest BCUT2D eigenvalue weighted by atomic mass is 32.1. The minimum Gasteiger partial charge on any atom is -0.481 e. The molecule has 0 rings (SSSR count). The van der Waals surface area contributed by atoms with Gasteiger partial charge in [-0.2, -0.15) is 12.6 Å². The second kappa shape index (κ2) is 11.5. The molecule has 0 aliphatic heterocycles. The van der Waals surface area contributed by atoms with E-state index in [0.717, 1.165) is 0 Å². The zero-order valence-electron chi connectivity index (χ0n) is 9.75. The Labute approximate surface area is 117 Å². The van der Waals surface area contributed by atoms with Gasteiger partial charge in [-0.3, -0.25) is 4.79 Å². The first-order chi connectivity index (χ1) is 9.18. The van der Waals surface area contributed by atoms with E-state index in [2.05, 4.69) is 17.4 Å². The minimum absolute atomic E-state index is 0.0833. The number of hydrogen-bond donors (Lipinski definition) is 4. The standard InChI is InChI=1S/C8H6O7.C2H4O2S/c9-5(10)1-3-7(13)15-8(14)4-2-6(11)12;3-2(4)1-5/h1-4H,(H,9,10)(H,11,12);5H,1H2,(H,3,4)/b3-1-,4-2-;. The van der Waals surface area contributed by atoms with Crippen molar-refractivity contribution in [1.82, 2.24) is 0 Å². The van der Waals surface area contributed by atoms with Crippen LogP contribution in [0.3, 0.4) is 0 Å². The summed E-state index contributed by atoms with van der Waals surface area (Å²) in [6, 6.07) is 0. The second-order valence-electron chi connectivity index (χ2n) is 2.64. The molecule has 0 saturated carbocycles. The van der Waals surface area contributed by atoms with Crippen LogP contribution < -0.4 is 0 Å². The molecule has 3 N–H and O–H groups in total. The summed E-state index contributed by atoms with van der Waals surface area (Å²) in [6.07, 6.45) is 2.01. The van der Waals surface area contributed by atoms with Gasteiger partial charge >= 0.3 is 29.8 Å². The molecule has 0 spiro atoms. The molecule has 0 bridgehead atoms. The van der Waals surface area contributed by atoms with Crippen molar-refractivity contribution in [1.29, 1.82) is 0 Å². The first kappa shape index (κ1) is 19.7. The molecule has 0 unspecified atom stereocenters. The molecule has 0 aliphatic rings. The highest BCUT2D eigenvalue weighted by molar-refractivity contribution is 7.81. The molecule has 0 aliphatic carbocycles. The molecule has 0 aromatic heterocycles. The Kier molecular flexibility index (Phi) is 11.3. The predicted octanol–water partition coefficient (Wildman–Crippen LogP) is -0.661. The van der Waals surface area contributed by atoms with Crippen LogP contribution in [0.1, 0.15) is 0 Å². The molecule has 20 heavy (non-hydrogen) atoms. The van der Waals surface area contributed by atoms with Crippen LogP contribution in [-0.2, 0) is 28.7 Å². The summed E-state index contributed by atoms with van der Waals surface area (Å²) < 4.78 is 3.97. The van der Waals surface area contributed by atoms with Gasteiger partial charge in [0, 0.05) is 24.3 Å². The minimum atomic E-state index is -1.37. The van der Waals surface area contributed by atoms with E-state index in [1.165, 1.54) is 0 Å². The van der Waals surface area contributed by atoms with Gasteiger partial charge in [0.25, 0.3) is 0 Å². The Morgan fingerprint density at radius 1 is 0.800 bits per heavy atom. The van der Waals surface area contributed by atoms with Gasteiger partial charge < -0.3 is 20.1 Å². The van der Waals surface area contributed by atoms with E-state index < -0.39 is 29.8 Å². The van der Waals surface area contributed by atoms with Crippen LogP contribution in [0, 0.1) is 0 Å². The highest BCUT2D eigenvalue weighted by Gasteiger charge is 2.04. The van der Waals surface area contributed by atoms with E-state index in [4.69, 9.17) is 15.3 Å². The van der Waals surface area contributed by atoms with Crippen molar-refractivity contribution in [3.05, 3.63) is 24.3 Å². The fourth-order valence-electron chi connectivity index (χ4n) is 0.446. The molecule has 0 saturated heterocycles. The molecule has 0 atom stereocenters. The maximum absolute atomic E-state index is 10.6. The van der Waals surface area contributed by atoms with Gasteiger partial charge in [-0.05, 0) is 0 Å². The maximum atomic E-state index is 10.6. The number of carboxylic acid groups (broad SMARTS) is 3. The zero-order valence-corrected chi connectivity index (χ0v) is 10.6. The molecule has 0 aromatic carbocycles. The number of thiol groups is 1. The third-order valence-electron chi connectivity index (χ3n) is 1.06. The van der Waals surface area contributed by atoms with Gasteiger partial charge in [-0.25, -0.2) is 19.2 Å². The fourth-order valence-corrected chi connectivity index (χ4v) is 0.446. The van der Waals surface area contributed by atoms with Crippen LogP contribution in [0.15, 0.2) is 24.3 Å². The maximum Gasteiger partial charge on any atom is 0.338 e. The Bertz CT molecular complexity index is 416. The van der Waals surface area contributed by atoms with Crippen molar-refractivity contribution in [2.24, 2.45) is 0 Å². The van der Waals surface area contributed by atoms with Crippen molar-refractivity contribution in [2.45, 2.75) is 0 Å². The lowest BCUT2D eigenvalue weighted by Gasteiger charge is -1.92. The zero-order chi connectivity index (χ0) is 16.1. The second-order valence-corrected chi connectivity index (χ2v) is 2.95. The van der Waals surface area contributed by atoms with Crippen molar-refractivity contribution >= 4 is 42.5 Å². The van der Waals surface area contributed by atoms with Crippen molar-refractivity contribution < 1.29 is 44.0 Å². The summed E-state index contributed by atoms with van der Waals surface area (Å²) >= 11 is 3.42. The number of rotatable bonds is 5. The lowest BCUT2D eigenvalue weighted by Crippen LogP contribution is -2.08. The normalized spacial score (nSPS) is 9.65. The Morgan fingerprint density at radius 2 is 1.10 bits per heavy atom. The van der Waals surface area contributed by atoms with E-state index >= 15 is 0 Å². The molecule has 0 heterocycles. The van der Waals surface area contributed by atoms with Gasteiger partial charge in [0.05, 0.1) is 5.75 Å².